The predicted molar refractivity (Wildman–Crippen MR) is 103 cm³/mol. The maximum atomic E-state index is 7.56. The number of hydrogen-bond acceptors (Lipinski definition) is 5. The van der Waals surface area contributed by atoms with Gasteiger partial charge in [-0.25, -0.2) is 9.98 Å². The van der Waals surface area contributed by atoms with Gasteiger partial charge in [0.1, 0.15) is 0 Å². The van der Waals surface area contributed by atoms with Gasteiger partial charge in [0.25, 0.3) is 0 Å². The molecule has 1 fully saturated rings. The molecule has 4 N–H and O–H groups in total. The molecule has 0 spiro atoms. The number of nitrogens with zero attached hydrogens (tertiary/aromatic N) is 2. The second kappa shape index (κ2) is 8.98. The molecule has 26 heavy (non-hydrogen) atoms. The molecule has 2 aromatic rings. The van der Waals surface area contributed by atoms with E-state index >= 15 is 0 Å². The summed E-state index contributed by atoms with van der Waals surface area (Å²) in [5.41, 5.74) is 7.91. The van der Waals surface area contributed by atoms with Gasteiger partial charge in [-0.05, 0) is 24.7 Å². The summed E-state index contributed by atoms with van der Waals surface area (Å²) in [6.45, 7) is 1.16. The van der Waals surface area contributed by atoms with Crippen LogP contribution in [0.4, 0.5) is 0 Å². The van der Waals surface area contributed by atoms with E-state index in [-0.39, 0.29) is 23.2 Å². The topological polar surface area (TPSA) is 109 Å². The summed E-state index contributed by atoms with van der Waals surface area (Å²) in [6, 6.07) is 10.1. The number of ether oxygens (including phenoxy) is 2. The highest BCUT2D eigenvalue weighted by molar-refractivity contribution is 8.13. The number of imidazole rings is 1. The SMILES string of the molecule is CSC(=N)N=C(N)c1ncc(C2CCC(COCc3ccccc3)O2)[nH]1. The normalized spacial score (nSPS) is 20.4. The number of aromatic nitrogens is 2. The van der Waals surface area contributed by atoms with Crippen LogP contribution in [0.15, 0.2) is 41.5 Å². The zero-order valence-electron chi connectivity index (χ0n) is 14.6. The molecule has 0 amide bonds. The zero-order chi connectivity index (χ0) is 18.4. The molecule has 1 aliphatic heterocycles. The number of rotatable bonds is 6. The lowest BCUT2D eigenvalue weighted by Gasteiger charge is -2.13. The van der Waals surface area contributed by atoms with Crippen LogP contribution >= 0.6 is 11.8 Å². The lowest BCUT2D eigenvalue weighted by Crippen LogP contribution is -2.17. The fraction of sp³-hybridized carbons (Fsp3) is 0.389. The minimum atomic E-state index is -0.0469. The van der Waals surface area contributed by atoms with Crippen molar-refractivity contribution in [1.82, 2.24) is 9.97 Å². The quantitative estimate of drug-likeness (QED) is 0.533. The number of aliphatic imine (C=N–C) groups is 1. The number of H-pyrrole nitrogens is 1. The van der Waals surface area contributed by atoms with Crippen molar-refractivity contribution >= 4 is 22.8 Å². The van der Waals surface area contributed by atoms with Crippen molar-refractivity contribution in [2.75, 3.05) is 12.9 Å². The van der Waals surface area contributed by atoms with Crippen LogP contribution in [0.1, 0.15) is 36.0 Å². The number of nitrogens with one attached hydrogen (secondary N) is 2. The van der Waals surface area contributed by atoms with Crippen molar-refractivity contribution in [3.8, 4) is 0 Å². The van der Waals surface area contributed by atoms with E-state index in [4.69, 9.17) is 20.6 Å². The predicted octanol–water partition coefficient (Wildman–Crippen LogP) is 2.85. The maximum Gasteiger partial charge on any atom is 0.181 e. The first kappa shape index (κ1) is 18.6. The first-order valence-electron chi connectivity index (χ1n) is 8.45. The molecule has 2 unspecified atom stereocenters. The molecular weight excluding hydrogens is 350 g/mol. The highest BCUT2D eigenvalue weighted by Crippen LogP contribution is 2.31. The maximum absolute atomic E-state index is 7.56. The van der Waals surface area contributed by atoms with Gasteiger partial charge in [-0.2, -0.15) is 0 Å². The van der Waals surface area contributed by atoms with Gasteiger partial charge in [0.05, 0.1) is 37.3 Å². The number of aromatic amines is 1. The molecule has 2 atom stereocenters. The number of hydrogen-bond donors (Lipinski definition) is 3. The molecule has 1 aromatic heterocycles. The standard InChI is InChI=1S/C18H23N5O2S/c1-26-18(20)23-16(19)17-21-9-14(22-17)15-8-7-13(25-15)11-24-10-12-5-3-2-4-6-12/h2-6,9,13,15H,7-8,10-11H2,1H3,(H,21,22)(H3,19,20,23). The van der Waals surface area contributed by atoms with Crippen molar-refractivity contribution < 1.29 is 9.47 Å². The van der Waals surface area contributed by atoms with Gasteiger partial charge in [0, 0.05) is 0 Å². The van der Waals surface area contributed by atoms with E-state index in [2.05, 4.69) is 15.0 Å². The van der Waals surface area contributed by atoms with Crippen molar-refractivity contribution in [2.24, 2.45) is 10.7 Å². The summed E-state index contributed by atoms with van der Waals surface area (Å²) in [4.78, 5) is 11.4. The van der Waals surface area contributed by atoms with Gasteiger partial charge in [-0.15, -0.1) is 0 Å². The van der Waals surface area contributed by atoms with Crippen molar-refractivity contribution in [2.45, 2.75) is 31.7 Å². The fourth-order valence-corrected chi connectivity index (χ4v) is 2.97. The van der Waals surface area contributed by atoms with Gasteiger partial charge in [-0.1, -0.05) is 42.1 Å². The Bertz CT molecular complexity index is 762. The van der Waals surface area contributed by atoms with Crippen molar-refractivity contribution in [3.05, 3.63) is 53.6 Å². The molecule has 0 bridgehead atoms. The van der Waals surface area contributed by atoms with E-state index in [1.54, 1.807) is 12.5 Å². The van der Waals surface area contributed by atoms with Crippen LogP contribution in [0.5, 0.6) is 0 Å². The third-order valence-electron chi connectivity index (χ3n) is 4.12. The minimum absolute atomic E-state index is 0.0469. The van der Waals surface area contributed by atoms with E-state index in [1.165, 1.54) is 11.8 Å². The molecule has 0 aliphatic carbocycles. The van der Waals surface area contributed by atoms with Crippen LogP contribution in [0.25, 0.3) is 0 Å². The minimum Gasteiger partial charge on any atom is -0.381 e. The van der Waals surface area contributed by atoms with Crippen molar-refractivity contribution in [1.29, 1.82) is 5.41 Å². The van der Waals surface area contributed by atoms with Gasteiger partial charge in [0.15, 0.2) is 16.8 Å². The summed E-state index contributed by atoms with van der Waals surface area (Å²) >= 11 is 1.22. The third kappa shape index (κ3) is 4.94. The molecular formula is C18H23N5O2S. The molecule has 8 heteroatoms. The van der Waals surface area contributed by atoms with E-state index in [0.717, 1.165) is 24.1 Å². The van der Waals surface area contributed by atoms with Crippen LogP contribution in [0, 0.1) is 5.41 Å². The number of thioether (sulfide) groups is 1. The number of benzene rings is 1. The monoisotopic (exact) mass is 373 g/mol. The van der Waals surface area contributed by atoms with Crippen LogP contribution < -0.4 is 5.73 Å². The first-order chi connectivity index (χ1) is 12.7. The highest BCUT2D eigenvalue weighted by atomic mass is 32.2. The van der Waals surface area contributed by atoms with E-state index in [1.807, 2.05) is 30.3 Å². The molecule has 1 aliphatic rings. The summed E-state index contributed by atoms with van der Waals surface area (Å²) < 4.78 is 11.8. The summed E-state index contributed by atoms with van der Waals surface area (Å²) in [5, 5.41) is 7.71. The Morgan fingerprint density at radius 1 is 1.42 bits per heavy atom. The van der Waals surface area contributed by atoms with Gasteiger partial charge in [0.2, 0.25) is 0 Å². The Labute approximate surface area is 156 Å². The largest absolute Gasteiger partial charge is 0.381 e. The summed E-state index contributed by atoms with van der Waals surface area (Å²) in [5.74, 6) is 0.669. The highest BCUT2D eigenvalue weighted by Gasteiger charge is 2.28. The third-order valence-corrected chi connectivity index (χ3v) is 4.60. The Morgan fingerprint density at radius 2 is 2.23 bits per heavy atom. The van der Waals surface area contributed by atoms with E-state index < -0.39 is 0 Å². The summed E-state index contributed by atoms with van der Waals surface area (Å²) in [7, 11) is 0. The van der Waals surface area contributed by atoms with Crippen molar-refractivity contribution in [3.63, 3.8) is 0 Å². The first-order valence-corrected chi connectivity index (χ1v) is 9.67. The molecule has 2 heterocycles. The second-order valence-corrected chi connectivity index (χ2v) is 6.81. The lowest BCUT2D eigenvalue weighted by atomic mass is 10.1. The Balaban J connectivity index is 1.49. The van der Waals surface area contributed by atoms with Crippen LogP contribution in [-0.2, 0) is 16.1 Å². The number of amidine groups is 2. The summed E-state index contributed by atoms with van der Waals surface area (Å²) in [6.07, 6.45) is 5.37. The van der Waals surface area contributed by atoms with E-state index in [0.29, 0.717) is 19.0 Å². The Morgan fingerprint density at radius 3 is 3.00 bits per heavy atom. The Hall–Kier alpha value is -2.16. The van der Waals surface area contributed by atoms with Crippen LogP contribution in [0.3, 0.4) is 0 Å². The molecule has 3 rings (SSSR count). The molecule has 138 valence electrons. The molecule has 0 saturated carbocycles. The lowest BCUT2D eigenvalue weighted by molar-refractivity contribution is -0.0215. The zero-order valence-corrected chi connectivity index (χ0v) is 15.5. The van der Waals surface area contributed by atoms with Crippen LogP contribution in [0.2, 0.25) is 0 Å². The smallest absolute Gasteiger partial charge is 0.181 e. The van der Waals surface area contributed by atoms with Crippen LogP contribution in [-0.4, -0.2) is 39.9 Å². The van der Waals surface area contributed by atoms with Gasteiger partial charge in [-0.3, -0.25) is 5.41 Å². The van der Waals surface area contributed by atoms with E-state index in [9.17, 15) is 0 Å². The molecule has 0 radical (unpaired) electrons. The number of nitrogens with two attached hydrogens (primary N) is 1. The van der Waals surface area contributed by atoms with Gasteiger partial charge >= 0.3 is 0 Å². The Kier molecular flexibility index (Phi) is 6.43. The van der Waals surface area contributed by atoms with Gasteiger partial charge < -0.3 is 20.2 Å². The fourth-order valence-electron chi connectivity index (χ4n) is 2.78. The molecule has 1 saturated heterocycles. The molecule has 1 aromatic carbocycles. The molecule has 7 nitrogen and oxygen atoms in total. The second-order valence-electron chi connectivity index (χ2n) is 6.02. The average molecular weight is 373 g/mol. The average Bonchev–Trinajstić information content (AvgIpc) is 3.32.